The van der Waals surface area contributed by atoms with Crippen molar-refractivity contribution in [2.24, 2.45) is 5.73 Å². The average Bonchev–Trinajstić information content (AvgIpc) is 3.38. The molecule has 2 N–H and O–H groups in total. The second kappa shape index (κ2) is 7.08. The van der Waals surface area contributed by atoms with Crippen LogP contribution < -0.4 is 5.73 Å². The van der Waals surface area contributed by atoms with E-state index in [1.807, 2.05) is 59.2 Å². The standard InChI is InChI=1S/C26H23N3O/c27-25(16-17-25)24(30)23-18-28-19-29(23)26(20-10-4-1-5-11-20,21-12-6-2-7-13-21)22-14-8-3-9-15-22/h1-15,18-19H,16-17,27H2. The number of rotatable bonds is 6. The molecule has 1 aromatic heterocycles. The molecule has 0 radical (unpaired) electrons. The van der Waals surface area contributed by atoms with Crippen molar-refractivity contribution in [1.29, 1.82) is 0 Å². The quantitative estimate of drug-likeness (QED) is 0.390. The van der Waals surface area contributed by atoms with Gasteiger partial charge in [-0.1, -0.05) is 91.0 Å². The highest BCUT2D eigenvalue weighted by atomic mass is 16.1. The SMILES string of the molecule is NC1(C(=O)c2cncn2C(c2ccccc2)(c2ccccc2)c2ccccc2)CC1. The Bertz CT molecular complexity index is 1070. The van der Waals surface area contributed by atoms with Crippen molar-refractivity contribution in [3.63, 3.8) is 0 Å². The summed E-state index contributed by atoms with van der Waals surface area (Å²) in [6.45, 7) is 0. The molecule has 1 saturated carbocycles. The third-order valence-electron chi connectivity index (χ3n) is 6.05. The molecule has 148 valence electrons. The largest absolute Gasteiger partial charge is 0.319 e. The third kappa shape index (κ3) is 2.80. The molecular weight excluding hydrogens is 370 g/mol. The van der Waals surface area contributed by atoms with Gasteiger partial charge in [-0.05, 0) is 29.5 Å². The lowest BCUT2D eigenvalue weighted by Gasteiger charge is -2.38. The van der Waals surface area contributed by atoms with Crippen LogP contribution in [0.25, 0.3) is 0 Å². The maximum absolute atomic E-state index is 13.4. The number of ketones is 1. The van der Waals surface area contributed by atoms with E-state index < -0.39 is 11.1 Å². The van der Waals surface area contributed by atoms with Crippen molar-refractivity contribution in [3.8, 4) is 0 Å². The average molecular weight is 393 g/mol. The van der Waals surface area contributed by atoms with Gasteiger partial charge in [-0.3, -0.25) is 4.79 Å². The monoisotopic (exact) mass is 393 g/mol. The van der Waals surface area contributed by atoms with Gasteiger partial charge in [0.15, 0.2) is 0 Å². The number of imidazole rings is 1. The van der Waals surface area contributed by atoms with Crippen LogP contribution >= 0.6 is 0 Å². The Balaban J connectivity index is 1.87. The zero-order chi connectivity index (χ0) is 20.6. The third-order valence-corrected chi connectivity index (χ3v) is 6.05. The molecule has 0 spiro atoms. The number of nitrogens with zero attached hydrogens (tertiary/aromatic N) is 2. The van der Waals surface area contributed by atoms with Crippen molar-refractivity contribution < 1.29 is 4.79 Å². The van der Waals surface area contributed by atoms with Gasteiger partial charge in [-0.15, -0.1) is 0 Å². The van der Waals surface area contributed by atoms with Crippen LogP contribution in [0.2, 0.25) is 0 Å². The summed E-state index contributed by atoms with van der Waals surface area (Å²) in [5.74, 6) is -0.0489. The molecular formula is C26H23N3O. The smallest absolute Gasteiger partial charge is 0.200 e. The lowest BCUT2D eigenvalue weighted by molar-refractivity contribution is 0.0937. The Labute approximate surface area is 176 Å². The first-order valence-electron chi connectivity index (χ1n) is 10.2. The molecule has 0 bridgehead atoms. The predicted molar refractivity (Wildman–Crippen MR) is 117 cm³/mol. The number of aromatic nitrogens is 2. The number of carbonyl (C=O) groups is 1. The summed E-state index contributed by atoms with van der Waals surface area (Å²) < 4.78 is 2.00. The molecule has 4 heteroatoms. The molecule has 1 aliphatic carbocycles. The van der Waals surface area contributed by atoms with Crippen LogP contribution in [0, 0.1) is 0 Å². The molecule has 0 saturated heterocycles. The summed E-state index contributed by atoms with van der Waals surface area (Å²) in [6, 6.07) is 30.8. The molecule has 3 aromatic carbocycles. The second-order valence-electron chi connectivity index (χ2n) is 7.94. The van der Waals surface area contributed by atoms with E-state index in [9.17, 15) is 4.79 Å². The van der Waals surface area contributed by atoms with E-state index in [2.05, 4.69) is 41.4 Å². The number of hydrogen-bond donors (Lipinski definition) is 1. The highest BCUT2D eigenvalue weighted by Crippen LogP contribution is 2.43. The van der Waals surface area contributed by atoms with Gasteiger partial charge in [0, 0.05) is 0 Å². The number of hydrogen-bond acceptors (Lipinski definition) is 3. The lowest BCUT2D eigenvalue weighted by atomic mass is 9.76. The molecule has 4 nitrogen and oxygen atoms in total. The first kappa shape index (κ1) is 18.5. The van der Waals surface area contributed by atoms with Crippen molar-refractivity contribution in [1.82, 2.24) is 9.55 Å². The van der Waals surface area contributed by atoms with Crippen molar-refractivity contribution >= 4 is 5.78 Å². The highest BCUT2D eigenvalue weighted by Gasteiger charge is 2.49. The molecule has 1 heterocycles. The molecule has 1 fully saturated rings. The van der Waals surface area contributed by atoms with Crippen LogP contribution in [0.1, 0.15) is 40.0 Å². The summed E-state index contributed by atoms with van der Waals surface area (Å²) in [7, 11) is 0. The van der Waals surface area contributed by atoms with E-state index in [0.29, 0.717) is 18.5 Å². The summed E-state index contributed by atoms with van der Waals surface area (Å²) in [5.41, 5.74) is 8.49. The van der Waals surface area contributed by atoms with Gasteiger partial charge >= 0.3 is 0 Å². The molecule has 0 aliphatic heterocycles. The molecule has 1 aliphatic rings. The van der Waals surface area contributed by atoms with Crippen LogP contribution in [0.15, 0.2) is 104 Å². The zero-order valence-corrected chi connectivity index (χ0v) is 16.6. The van der Waals surface area contributed by atoms with E-state index in [0.717, 1.165) is 16.7 Å². The number of Topliss-reactive ketones (excluding diaryl/α,β-unsaturated/α-hetero) is 1. The van der Waals surface area contributed by atoms with Crippen molar-refractivity contribution in [3.05, 3.63) is 126 Å². The van der Waals surface area contributed by atoms with E-state index in [1.165, 1.54) is 0 Å². The Morgan fingerprint density at radius 1 is 0.800 bits per heavy atom. The Morgan fingerprint density at radius 3 is 1.63 bits per heavy atom. The lowest BCUT2D eigenvalue weighted by Crippen LogP contribution is -2.42. The Kier molecular flexibility index (Phi) is 4.37. The Hall–Kier alpha value is -3.50. The van der Waals surface area contributed by atoms with E-state index in [4.69, 9.17) is 5.73 Å². The van der Waals surface area contributed by atoms with Crippen LogP contribution in [-0.4, -0.2) is 20.9 Å². The number of carbonyl (C=O) groups excluding carboxylic acids is 1. The number of benzene rings is 3. The van der Waals surface area contributed by atoms with E-state index >= 15 is 0 Å². The molecule has 5 rings (SSSR count). The van der Waals surface area contributed by atoms with Gasteiger partial charge < -0.3 is 10.3 Å². The van der Waals surface area contributed by atoms with Crippen LogP contribution in [0.4, 0.5) is 0 Å². The number of nitrogens with two attached hydrogens (primary N) is 1. The fourth-order valence-corrected chi connectivity index (χ4v) is 4.30. The fourth-order valence-electron chi connectivity index (χ4n) is 4.30. The van der Waals surface area contributed by atoms with Gasteiger partial charge in [0.25, 0.3) is 0 Å². The summed E-state index contributed by atoms with van der Waals surface area (Å²) in [6.07, 6.45) is 4.84. The molecule has 0 atom stereocenters. The molecule has 0 amide bonds. The maximum Gasteiger partial charge on any atom is 0.200 e. The Morgan fingerprint density at radius 2 is 1.23 bits per heavy atom. The minimum Gasteiger partial charge on any atom is -0.319 e. The van der Waals surface area contributed by atoms with Gasteiger partial charge in [-0.25, -0.2) is 4.98 Å². The van der Waals surface area contributed by atoms with Crippen molar-refractivity contribution in [2.75, 3.05) is 0 Å². The predicted octanol–water partition coefficient (Wildman–Crippen LogP) is 4.40. The van der Waals surface area contributed by atoms with E-state index in [-0.39, 0.29) is 5.78 Å². The van der Waals surface area contributed by atoms with Gasteiger partial charge in [0.05, 0.1) is 18.1 Å². The first-order chi connectivity index (χ1) is 14.7. The first-order valence-corrected chi connectivity index (χ1v) is 10.2. The maximum atomic E-state index is 13.4. The molecule has 0 unspecified atom stereocenters. The van der Waals surface area contributed by atoms with Crippen LogP contribution in [-0.2, 0) is 5.54 Å². The minimum absolute atomic E-state index is 0.0489. The van der Waals surface area contributed by atoms with Gasteiger partial charge in [0.2, 0.25) is 5.78 Å². The molecule has 4 aromatic rings. The fraction of sp³-hybridized carbons (Fsp3) is 0.154. The van der Waals surface area contributed by atoms with Crippen molar-refractivity contribution in [2.45, 2.75) is 23.9 Å². The van der Waals surface area contributed by atoms with Gasteiger partial charge in [0.1, 0.15) is 11.2 Å². The summed E-state index contributed by atoms with van der Waals surface area (Å²) in [4.78, 5) is 17.8. The highest BCUT2D eigenvalue weighted by molar-refractivity contribution is 6.04. The normalized spacial score (nSPS) is 15.0. The second-order valence-corrected chi connectivity index (χ2v) is 7.94. The summed E-state index contributed by atoms with van der Waals surface area (Å²) in [5, 5.41) is 0. The molecule has 30 heavy (non-hydrogen) atoms. The van der Waals surface area contributed by atoms with E-state index in [1.54, 1.807) is 12.5 Å². The van der Waals surface area contributed by atoms with Crippen LogP contribution in [0.5, 0.6) is 0 Å². The van der Waals surface area contributed by atoms with Crippen LogP contribution in [0.3, 0.4) is 0 Å². The topological polar surface area (TPSA) is 60.9 Å². The minimum atomic E-state index is -0.770. The van der Waals surface area contributed by atoms with Gasteiger partial charge in [-0.2, -0.15) is 0 Å². The zero-order valence-electron chi connectivity index (χ0n) is 16.6. The summed E-state index contributed by atoms with van der Waals surface area (Å²) >= 11 is 0.